The molecule has 0 bridgehead atoms. The molecular formula is C18H21N5O3. The van der Waals surface area contributed by atoms with Crippen molar-refractivity contribution >= 4 is 23.4 Å². The van der Waals surface area contributed by atoms with E-state index in [1.165, 1.54) is 0 Å². The summed E-state index contributed by atoms with van der Waals surface area (Å²) in [6, 6.07) is 9.13. The van der Waals surface area contributed by atoms with Gasteiger partial charge in [0.25, 0.3) is 0 Å². The number of para-hydroxylation sites is 1. The molecule has 8 heteroatoms. The van der Waals surface area contributed by atoms with Crippen LogP contribution in [0.2, 0.25) is 0 Å². The van der Waals surface area contributed by atoms with Gasteiger partial charge < -0.3 is 19.8 Å². The minimum absolute atomic E-state index is 0.0431. The van der Waals surface area contributed by atoms with E-state index in [2.05, 4.69) is 14.9 Å². The molecule has 3 rings (SSSR count). The Morgan fingerprint density at radius 1 is 1.04 bits per heavy atom. The normalized spacial score (nSPS) is 14.2. The van der Waals surface area contributed by atoms with Crippen molar-refractivity contribution < 1.29 is 14.7 Å². The van der Waals surface area contributed by atoms with Gasteiger partial charge in [-0.15, -0.1) is 0 Å². The number of benzene rings is 1. The summed E-state index contributed by atoms with van der Waals surface area (Å²) in [6.07, 6.45) is 4.99. The highest BCUT2D eigenvalue weighted by Gasteiger charge is 2.24. The van der Waals surface area contributed by atoms with Gasteiger partial charge >= 0.3 is 5.97 Å². The van der Waals surface area contributed by atoms with Crippen LogP contribution in [0.25, 0.3) is 0 Å². The van der Waals surface area contributed by atoms with Crippen LogP contribution in [0, 0.1) is 0 Å². The third-order valence-electron chi connectivity index (χ3n) is 4.28. The first kappa shape index (κ1) is 17.7. The third kappa shape index (κ3) is 4.47. The number of anilines is 2. The van der Waals surface area contributed by atoms with Crippen LogP contribution in [-0.4, -0.2) is 71.1 Å². The summed E-state index contributed by atoms with van der Waals surface area (Å²) in [7, 11) is 0. The molecule has 0 aliphatic carbocycles. The second-order valence-corrected chi connectivity index (χ2v) is 6.02. The van der Waals surface area contributed by atoms with Gasteiger partial charge in [-0.05, 0) is 12.1 Å². The van der Waals surface area contributed by atoms with Gasteiger partial charge in [0, 0.05) is 44.3 Å². The molecule has 1 fully saturated rings. The molecular weight excluding hydrogens is 334 g/mol. The van der Waals surface area contributed by atoms with Crippen molar-refractivity contribution in [1.29, 1.82) is 0 Å². The Kier molecular flexibility index (Phi) is 5.62. The zero-order chi connectivity index (χ0) is 18.4. The van der Waals surface area contributed by atoms with Gasteiger partial charge in [-0.3, -0.25) is 14.6 Å². The number of piperazine rings is 1. The highest BCUT2D eigenvalue weighted by atomic mass is 16.4. The van der Waals surface area contributed by atoms with E-state index in [-0.39, 0.29) is 19.0 Å². The van der Waals surface area contributed by atoms with Crippen LogP contribution in [0.15, 0.2) is 48.9 Å². The SMILES string of the molecule is O=C(O)CN(CC(=O)N1CCN(c2cnccn2)CC1)c1ccccc1. The molecule has 1 N–H and O–H groups in total. The summed E-state index contributed by atoms with van der Waals surface area (Å²) in [5.74, 6) is -0.237. The van der Waals surface area contributed by atoms with E-state index in [9.17, 15) is 9.59 Å². The molecule has 1 amide bonds. The van der Waals surface area contributed by atoms with E-state index in [0.717, 1.165) is 11.5 Å². The molecule has 2 heterocycles. The molecule has 0 atom stereocenters. The highest BCUT2D eigenvalue weighted by Crippen LogP contribution is 2.15. The number of aromatic nitrogens is 2. The Morgan fingerprint density at radius 2 is 1.77 bits per heavy atom. The number of aliphatic carboxylic acids is 1. The zero-order valence-corrected chi connectivity index (χ0v) is 14.4. The van der Waals surface area contributed by atoms with Crippen molar-refractivity contribution in [1.82, 2.24) is 14.9 Å². The number of carboxylic acids is 1. The summed E-state index contributed by atoms with van der Waals surface area (Å²) in [5.41, 5.74) is 0.724. The van der Waals surface area contributed by atoms with Crippen LogP contribution in [0.4, 0.5) is 11.5 Å². The van der Waals surface area contributed by atoms with Gasteiger partial charge in [0.15, 0.2) is 0 Å². The molecule has 8 nitrogen and oxygen atoms in total. The maximum atomic E-state index is 12.7. The van der Waals surface area contributed by atoms with Crippen LogP contribution in [-0.2, 0) is 9.59 Å². The second kappa shape index (κ2) is 8.28. The van der Waals surface area contributed by atoms with E-state index in [0.29, 0.717) is 26.2 Å². The average molecular weight is 355 g/mol. The summed E-state index contributed by atoms with van der Waals surface area (Å²) in [5, 5.41) is 9.14. The minimum Gasteiger partial charge on any atom is -0.480 e. The largest absolute Gasteiger partial charge is 0.480 e. The van der Waals surface area contributed by atoms with E-state index in [1.807, 2.05) is 30.3 Å². The summed E-state index contributed by atoms with van der Waals surface area (Å²) < 4.78 is 0. The second-order valence-electron chi connectivity index (χ2n) is 6.02. The molecule has 1 aliphatic rings. The van der Waals surface area contributed by atoms with Crippen molar-refractivity contribution in [3.05, 3.63) is 48.9 Å². The lowest BCUT2D eigenvalue weighted by Crippen LogP contribution is -2.52. The zero-order valence-electron chi connectivity index (χ0n) is 14.4. The standard InChI is InChI=1S/C18H21N5O3/c24-17(13-23(14-18(25)26)15-4-2-1-3-5-15)22-10-8-21(9-11-22)16-12-19-6-7-20-16/h1-7,12H,8-11,13-14H2,(H,25,26). The molecule has 0 unspecified atom stereocenters. The van der Waals surface area contributed by atoms with Crippen LogP contribution >= 0.6 is 0 Å². The Balaban J connectivity index is 1.59. The lowest BCUT2D eigenvalue weighted by atomic mass is 10.2. The van der Waals surface area contributed by atoms with Crippen LogP contribution in [0.5, 0.6) is 0 Å². The number of carboxylic acid groups (broad SMARTS) is 1. The number of amides is 1. The number of carbonyl (C=O) groups excluding carboxylic acids is 1. The number of nitrogens with zero attached hydrogens (tertiary/aromatic N) is 5. The van der Waals surface area contributed by atoms with Crippen molar-refractivity contribution in [2.45, 2.75) is 0 Å². The monoisotopic (exact) mass is 355 g/mol. The fourth-order valence-corrected chi connectivity index (χ4v) is 2.94. The number of carbonyl (C=O) groups is 2. The third-order valence-corrected chi connectivity index (χ3v) is 4.28. The van der Waals surface area contributed by atoms with E-state index < -0.39 is 5.97 Å². The smallest absolute Gasteiger partial charge is 0.323 e. The molecule has 1 aromatic heterocycles. The molecule has 2 aromatic rings. The Labute approximate surface area is 151 Å². The quantitative estimate of drug-likeness (QED) is 0.816. The molecule has 0 saturated carbocycles. The maximum absolute atomic E-state index is 12.7. The Bertz CT molecular complexity index is 733. The van der Waals surface area contributed by atoms with Crippen molar-refractivity contribution in [2.24, 2.45) is 0 Å². The van der Waals surface area contributed by atoms with Crippen molar-refractivity contribution in [3.8, 4) is 0 Å². The average Bonchev–Trinajstić information content (AvgIpc) is 2.68. The number of hydrogen-bond donors (Lipinski definition) is 1. The van der Waals surface area contributed by atoms with Crippen molar-refractivity contribution in [2.75, 3.05) is 49.1 Å². The lowest BCUT2D eigenvalue weighted by Gasteiger charge is -2.36. The first-order valence-corrected chi connectivity index (χ1v) is 8.44. The van der Waals surface area contributed by atoms with E-state index in [1.54, 1.807) is 28.4 Å². The van der Waals surface area contributed by atoms with Gasteiger partial charge in [-0.25, -0.2) is 4.98 Å². The maximum Gasteiger partial charge on any atom is 0.323 e. The molecule has 1 aromatic carbocycles. The van der Waals surface area contributed by atoms with Crippen LogP contribution in [0.1, 0.15) is 0 Å². The van der Waals surface area contributed by atoms with Gasteiger partial charge in [0.1, 0.15) is 12.4 Å². The highest BCUT2D eigenvalue weighted by molar-refractivity contribution is 5.84. The summed E-state index contributed by atoms with van der Waals surface area (Å²) in [6.45, 7) is 2.33. The molecule has 1 saturated heterocycles. The first-order chi connectivity index (χ1) is 12.6. The summed E-state index contributed by atoms with van der Waals surface area (Å²) >= 11 is 0. The molecule has 1 aliphatic heterocycles. The summed E-state index contributed by atoms with van der Waals surface area (Å²) in [4.78, 5) is 37.6. The molecule has 0 radical (unpaired) electrons. The Morgan fingerprint density at radius 3 is 2.38 bits per heavy atom. The minimum atomic E-state index is -0.964. The molecule has 26 heavy (non-hydrogen) atoms. The van der Waals surface area contributed by atoms with Gasteiger partial charge in [-0.2, -0.15) is 0 Å². The van der Waals surface area contributed by atoms with E-state index in [4.69, 9.17) is 5.11 Å². The van der Waals surface area contributed by atoms with Crippen LogP contribution in [0.3, 0.4) is 0 Å². The van der Waals surface area contributed by atoms with Gasteiger partial charge in [0.2, 0.25) is 5.91 Å². The fourth-order valence-electron chi connectivity index (χ4n) is 2.94. The Hall–Kier alpha value is -3.16. The number of hydrogen-bond acceptors (Lipinski definition) is 6. The van der Waals surface area contributed by atoms with Crippen LogP contribution < -0.4 is 9.80 Å². The fraction of sp³-hybridized carbons (Fsp3) is 0.333. The van der Waals surface area contributed by atoms with Gasteiger partial charge in [-0.1, -0.05) is 18.2 Å². The predicted molar refractivity (Wildman–Crippen MR) is 97.1 cm³/mol. The van der Waals surface area contributed by atoms with Gasteiger partial charge in [0.05, 0.1) is 12.7 Å². The lowest BCUT2D eigenvalue weighted by molar-refractivity contribution is -0.135. The number of rotatable bonds is 6. The van der Waals surface area contributed by atoms with E-state index >= 15 is 0 Å². The topological polar surface area (TPSA) is 89.9 Å². The van der Waals surface area contributed by atoms with Crippen molar-refractivity contribution in [3.63, 3.8) is 0 Å². The predicted octanol–water partition coefficient (Wildman–Crippen LogP) is 0.716. The first-order valence-electron chi connectivity index (χ1n) is 8.44. The molecule has 0 spiro atoms. The molecule has 136 valence electrons.